The standard InChI is InChI=1S/C28H36N2O6/c1-18(31)35-25-23(19-8-10-21(34-7)11-9-19)17-20-16-22(36-27(33)28(2,3)4)12-13-24(20)30(26(25)32)15-14-29(5)6/h8-13,16,23,25H,14-15,17H2,1-7H3/t23-,25+/m1/s1. The first-order valence-electron chi connectivity index (χ1n) is 12.0. The van der Waals surface area contributed by atoms with Gasteiger partial charge in [-0.25, -0.2) is 0 Å². The number of anilines is 1. The first-order valence-corrected chi connectivity index (χ1v) is 12.0. The predicted molar refractivity (Wildman–Crippen MR) is 137 cm³/mol. The Morgan fingerprint density at radius 2 is 1.69 bits per heavy atom. The summed E-state index contributed by atoms with van der Waals surface area (Å²) in [7, 11) is 5.45. The van der Waals surface area contributed by atoms with Crippen molar-refractivity contribution in [2.45, 2.75) is 46.1 Å². The molecule has 1 amide bonds. The van der Waals surface area contributed by atoms with Gasteiger partial charge in [-0.15, -0.1) is 0 Å². The maximum Gasteiger partial charge on any atom is 0.316 e. The monoisotopic (exact) mass is 496 g/mol. The maximum absolute atomic E-state index is 13.9. The first kappa shape index (κ1) is 27.2. The van der Waals surface area contributed by atoms with Crippen molar-refractivity contribution in [1.82, 2.24) is 4.90 Å². The number of methoxy groups -OCH3 is 1. The van der Waals surface area contributed by atoms with E-state index in [1.54, 1.807) is 44.9 Å². The summed E-state index contributed by atoms with van der Waals surface area (Å²) in [6.45, 7) is 7.72. The summed E-state index contributed by atoms with van der Waals surface area (Å²) < 4.78 is 16.6. The molecule has 0 bridgehead atoms. The van der Waals surface area contributed by atoms with Crippen LogP contribution in [0.3, 0.4) is 0 Å². The zero-order chi connectivity index (χ0) is 26.6. The summed E-state index contributed by atoms with van der Waals surface area (Å²) in [5.41, 5.74) is 1.72. The van der Waals surface area contributed by atoms with Crippen LogP contribution < -0.4 is 14.4 Å². The van der Waals surface area contributed by atoms with Crippen LogP contribution in [0, 0.1) is 5.41 Å². The van der Waals surface area contributed by atoms with Crippen LogP contribution in [0.15, 0.2) is 42.5 Å². The first-order chi connectivity index (χ1) is 16.9. The van der Waals surface area contributed by atoms with Crippen LogP contribution in [0.5, 0.6) is 11.5 Å². The van der Waals surface area contributed by atoms with E-state index in [1.165, 1.54) is 6.92 Å². The highest BCUT2D eigenvalue weighted by molar-refractivity contribution is 6.00. The minimum Gasteiger partial charge on any atom is -0.497 e. The summed E-state index contributed by atoms with van der Waals surface area (Å²) in [5.74, 6) is -0.499. The molecule has 36 heavy (non-hydrogen) atoms. The molecule has 2 aromatic rings. The molecule has 0 aromatic heterocycles. The molecule has 0 N–H and O–H groups in total. The van der Waals surface area contributed by atoms with Crippen molar-refractivity contribution in [3.05, 3.63) is 53.6 Å². The molecule has 1 aliphatic heterocycles. The maximum atomic E-state index is 13.9. The lowest BCUT2D eigenvalue weighted by atomic mass is 9.87. The van der Waals surface area contributed by atoms with Crippen LogP contribution in [-0.4, -0.2) is 63.1 Å². The molecule has 0 saturated heterocycles. The van der Waals surface area contributed by atoms with Crippen LogP contribution in [-0.2, 0) is 25.5 Å². The minimum atomic E-state index is -1.01. The summed E-state index contributed by atoms with van der Waals surface area (Å²) >= 11 is 0. The zero-order valence-corrected chi connectivity index (χ0v) is 22.2. The van der Waals surface area contributed by atoms with Gasteiger partial charge in [0.1, 0.15) is 11.5 Å². The number of benzene rings is 2. The molecule has 1 heterocycles. The second-order valence-corrected chi connectivity index (χ2v) is 10.3. The van der Waals surface area contributed by atoms with Crippen LogP contribution >= 0.6 is 0 Å². The number of fused-ring (bicyclic) bond motifs is 1. The van der Waals surface area contributed by atoms with E-state index in [0.717, 1.165) is 11.1 Å². The van der Waals surface area contributed by atoms with E-state index >= 15 is 0 Å². The van der Waals surface area contributed by atoms with Crippen molar-refractivity contribution in [3.8, 4) is 11.5 Å². The number of hydrogen-bond acceptors (Lipinski definition) is 7. The van der Waals surface area contributed by atoms with Crippen molar-refractivity contribution < 1.29 is 28.6 Å². The lowest BCUT2D eigenvalue weighted by Gasteiger charge is -2.29. The highest BCUT2D eigenvalue weighted by Crippen LogP contribution is 2.38. The van der Waals surface area contributed by atoms with E-state index in [9.17, 15) is 14.4 Å². The van der Waals surface area contributed by atoms with Gasteiger partial charge < -0.3 is 24.0 Å². The topological polar surface area (TPSA) is 85.4 Å². The van der Waals surface area contributed by atoms with E-state index in [-0.39, 0.29) is 11.9 Å². The molecule has 8 nitrogen and oxygen atoms in total. The number of hydrogen-bond donors (Lipinski definition) is 0. The van der Waals surface area contributed by atoms with Gasteiger partial charge in [0.2, 0.25) is 0 Å². The van der Waals surface area contributed by atoms with Gasteiger partial charge in [-0.05, 0) is 82.7 Å². The Kier molecular flexibility index (Phi) is 8.40. The van der Waals surface area contributed by atoms with Crippen molar-refractivity contribution >= 4 is 23.5 Å². The van der Waals surface area contributed by atoms with Crippen LogP contribution in [0.1, 0.15) is 44.7 Å². The number of carbonyl (C=O) groups is 3. The second kappa shape index (κ2) is 11.1. The van der Waals surface area contributed by atoms with E-state index in [1.807, 2.05) is 49.3 Å². The number of amides is 1. The van der Waals surface area contributed by atoms with E-state index in [4.69, 9.17) is 14.2 Å². The molecule has 0 unspecified atom stereocenters. The number of nitrogens with zero attached hydrogens (tertiary/aromatic N) is 2. The fourth-order valence-electron chi connectivity index (χ4n) is 4.09. The minimum absolute atomic E-state index is 0.286. The molecule has 2 aromatic carbocycles. The molecule has 0 spiro atoms. The Morgan fingerprint density at radius 3 is 2.25 bits per heavy atom. The van der Waals surface area contributed by atoms with Gasteiger partial charge in [-0.3, -0.25) is 14.4 Å². The average Bonchev–Trinajstić information content (AvgIpc) is 2.91. The lowest BCUT2D eigenvalue weighted by molar-refractivity contribution is -0.154. The lowest BCUT2D eigenvalue weighted by Crippen LogP contribution is -2.45. The van der Waals surface area contributed by atoms with Gasteiger partial charge in [0.05, 0.1) is 12.5 Å². The molecular formula is C28H36N2O6. The fraction of sp³-hybridized carbons (Fsp3) is 0.464. The molecule has 1 aliphatic rings. The molecule has 3 rings (SSSR count). The third kappa shape index (κ3) is 6.43. The number of likely N-dealkylation sites (N-methyl/N-ethyl adjacent to an activating group) is 1. The van der Waals surface area contributed by atoms with Gasteiger partial charge in [0, 0.05) is 31.6 Å². The Morgan fingerprint density at radius 1 is 1.06 bits per heavy atom. The van der Waals surface area contributed by atoms with E-state index in [0.29, 0.717) is 36.7 Å². The van der Waals surface area contributed by atoms with Crippen molar-refractivity contribution in [3.63, 3.8) is 0 Å². The number of esters is 2. The third-order valence-electron chi connectivity index (χ3n) is 6.09. The molecule has 194 valence electrons. The van der Waals surface area contributed by atoms with Gasteiger partial charge in [0.25, 0.3) is 5.91 Å². The largest absolute Gasteiger partial charge is 0.497 e. The van der Waals surface area contributed by atoms with Crippen LogP contribution in [0.25, 0.3) is 0 Å². The molecule has 0 fully saturated rings. The predicted octanol–water partition coefficient (Wildman–Crippen LogP) is 3.81. The smallest absolute Gasteiger partial charge is 0.316 e. The summed E-state index contributed by atoms with van der Waals surface area (Å²) in [6, 6.07) is 12.7. The van der Waals surface area contributed by atoms with Crippen LogP contribution in [0.4, 0.5) is 5.69 Å². The van der Waals surface area contributed by atoms with E-state index in [2.05, 4.69) is 0 Å². The quantitative estimate of drug-likeness (QED) is 0.426. The van der Waals surface area contributed by atoms with E-state index < -0.39 is 23.4 Å². The summed E-state index contributed by atoms with van der Waals surface area (Å²) in [5, 5.41) is 0. The summed E-state index contributed by atoms with van der Waals surface area (Å²) in [4.78, 5) is 42.1. The fourth-order valence-corrected chi connectivity index (χ4v) is 4.09. The molecule has 0 radical (unpaired) electrons. The van der Waals surface area contributed by atoms with Gasteiger partial charge in [-0.1, -0.05) is 12.1 Å². The average molecular weight is 497 g/mol. The second-order valence-electron chi connectivity index (χ2n) is 10.3. The molecular weight excluding hydrogens is 460 g/mol. The molecule has 8 heteroatoms. The molecule has 2 atom stereocenters. The highest BCUT2D eigenvalue weighted by Gasteiger charge is 2.40. The van der Waals surface area contributed by atoms with Crippen molar-refractivity contribution in [2.24, 2.45) is 5.41 Å². The Bertz CT molecular complexity index is 1100. The number of ether oxygens (including phenoxy) is 3. The third-order valence-corrected chi connectivity index (χ3v) is 6.09. The van der Waals surface area contributed by atoms with Crippen LogP contribution in [0.2, 0.25) is 0 Å². The summed E-state index contributed by atoms with van der Waals surface area (Å²) in [6.07, 6.45) is -0.601. The van der Waals surface area contributed by atoms with Crippen molar-refractivity contribution in [1.29, 1.82) is 0 Å². The Hall–Kier alpha value is -3.39. The normalized spacial score (nSPS) is 17.9. The van der Waals surface area contributed by atoms with Gasteiger partial charge >= 0.3 is 11.9 Å². The SMILES string of the molecule is COc1ccc([C@H]2Cc3cc(OC(=O)C(C)(C)C)ccc3N(CCN(C)C)C(=O)[C@H]2OC(C)=O)cc1. The molecule has 0 aliphatic carbocycles. The van der Waals surface area contributed by atoms with Gasteiger partial charge in [-0.2, -0.15) is 0 Å². The number of carbonyl (C=O) groups excluding carboxylic acids is 3. The zero-order valence-electron chi connectivity index (χ0n) is 22.2. The van der Waals surface area contributed by atoms with Gasteiger partial charge in [0.15, 0.2) is 6.10 Å². The molecule has 0 saturated carbocycles. The highest BCUT2D eigenvalue weighted by atomic mass is 16.5. The number of rotatable bonds is 7. The van der Waals surface area contributed by atoms with Crippen molar-refractivity contribution in [2.75, 3.05) is 39.2 Å². The Balaban J connectivity index is 2.11. The Labute approximate surface area is 213 Å².